The number of anilines is 1. The van der Waals surface area contributed by atoms with E-state index in [4.69, 9.17) is 5.11 Å². The lowest BCUT2D eigenvalue weighted by Gasteiger charge is -2.23. The largest absolute Gasteiger partial charge is 0.481 e. The van der Waals surface area contributed by atoms with E-state index < -0.39 is 17.4 Å². The molecule has 1 heterocycles. The van der Waals surface area contributed by atoms with Gasteiger partial charge in [-0.3, -0.25) is 14.4 Å². The number of hydrogen-bond acceptors (Lipinski definition) is 3. The van der Waals surface area contributed by atoms with Gasteiger partial charge in [0, 0.05) is 18.7 Å². The van der Waals surface area contributed by atoms with Gasteiger partial charge in [-0.1, -0.05) is 31.5 Å². The minimum absolute atomic E-state index is 0.0770. The van der Waals surface area contributed by atoms with E-state index >= 15 is 0 Å². The van der Waals surface area contributed by atoms with Crippen LogP contribution in [-0.2, 0) is 14.4 Å². The van der Waals surface area contributed by atoms with E-state index in [1.165, 1.54) is 0 Å². The fourth-order valence-electron chi connectivity index (χ4n) is 2.95. The van der Waals surface area contributed by atoms with Gasteiger partial charge in [-0.25, -0.2) is 0 Å². The molecule has 6 heteroatoms. The van der Waals surface area contributed by atoms with Gasteiger partial charge in [0.15, 0.2) is 0 Å². The molecule has 0 spiro atoms. The lowest BCUT2D eigenvalue weighted by Crippen LogP contribution is -2.43. The van der Waals surface area contributed by atoms with Crippen LogP contribution in [0, 0.1) is 12.3 Å². The van der Waals surface area contributed by atoms with Crippen LogP contribution in [0.4, 0.5) is 5.69 Å². The Bertz CT molecular complexity index is 637. The number of carbonyl (C=O) groups is 3. The first-order valence-corrected chi connectivity index (χ1v) is 8.07. The van der Waals surface area contributed by atoms with Gasteiger partial charge < -0.3 is 15.3 Å². The summed E-state index contributed by atoms with van der Waals surface area (Å²) in [6.45, 7) is 6.01. The number of hydrogen-bond donors (Lipinski definition) is 2. The standard InChI is InChI=1S/C18H24N2O4/c1-12-4-6-13(7-5-12)20-9-8-14(17(20)24)19-15(21)10-18(2,3)11-16(22)23/h4-7,14H,8-11H2,1-3H3,(H,19,21)(H,22,23). The summed E-state index contributed by atoms with van der Waals surface area (Å²) in [6.07, 6.45) is 0.542. The maximum absolute atomic E-state index is 12.5. The highest BCUT2D eigenvalue weighted by Gasteiger charge is 2.34. The number of carbonyl (C=O) groups excluding carboxylic acids is 2. The summed E-state index contributed by atoms with van der Waals surface area (Å²) in [5.41, 5.74) is 1.30. The Balaban J connectivity index is 1.94. The van der Waals surface area contributed by atoms with Crippen LogP contribution in [0.15, 0.2) is 24.3 Å². The Hall–Kier alpha value is -2.37. The van der Waals surface area contributed by atoms with Gasteiger partial charge in [-0.05, 0) is 30.9 Å². The van der Waals surface area contributed by atoms with Crippen LogP contribution in [-0.4, -0.2) is 35.5 Å². The number of carboxylic acids is 1. The summed E-state index contributed by atoms with van der Waals surface area (Å²) >= 11 is 0. The highest BCUT2D eigenvalue weighted by Crippen LogP contribution is 2.26. The number of benzene rings is 1. The molecule has 1 fully saturated rings. The zero-order valence-electron chi connectivity index (χ0n) is 14.3. The Morgan fingerprint density at radius 1 is 1.25 bits per heavy atom. The highest BCUT2D eigenvalue weighted by molar-refractivity contribution is 6.01. The Morgan fingerprint density at radius 3 is 2.46 bits per heavy atom. The molecule has 24 heavy (non-hydrogen) atoms. The van der Waals surface area contributed by atoms with E-state index in [2.05, 4.69) is 5.32 Å². The van der Waals surface area contributed by atoms with E-state index in [0.717, 1.165) is 11.3 Å². The molecule has 2 rings (SSSR count). The fraction of sp³-hybridized carbons (Fsp3) is 0.500. The predicted molar refractivity (Wildman–Crippen MR) is 90.7 cm³/mol. The second-order valence-corrected chi connectivity index (χ2v) is 7.15. The molecule has 1 unspecified atom stereocenters. The minimum Gasteiger partial charge on any atom is -0.481 e. The zero-order valence-corrected chi connectivity index (χ0v) is 14.3. The third-order valence-corrected chi connectivity index (χ3v) is 4.16. The first-order valence-electron chi connectivity index (χ1n) is 8.07. The van der Waals surface area contributed by atoms with E-state index in [9.17, 15) is 14.4 Å². The van der Waals surface area contributed by atoms with E-state index in [0.29, 0.717) is 13.0 Å². The number of aryl methyl sites for hydroxylation is 1. The van der Waals surface area contributed by atoms with Crippen molar-refractivity contribution in [1.29, 1.82) is 0 Å². The number of amides is 2. The number of rotatable bonds is 6. The first-order chi connectivity index (χ1) is 11.2. The van der Waals surface area contributed by atoms with Crippen molar-refractivity contribution >= 4 is 23.5 Å². The smallest absolute Gasteiger partial charge is 0.303 e. The first kappa shape index (κ1) is 18.0. The number of aliphatic carboxylic acids is 1. The van der Waals surface area contributed by atoms with Crippen molar-refractivity contribution in [3.05, 3.63) is 29.8 Å². The van der Waals surface area contributed by atoms with E-state index in [1.54, 1.807) is 18.7 Å². The van der Waals surface area contributed by atoms with Crippen molar-refractivity contribution in [3.63, 3.8) is 0 Å². The van der Waals surface area contributed by atoms with Crippen LogP contribution in [0.3, 0.4) is 0 Å². The summed E-state index contributed by atoms with van der Waals surface area (Å²) in [5, 5.41) is 11.6. The van der Waals surface area contributed by atoms with Gasteiger partial charge in [0.2, 0.25) is 11.8 Å². The monoisotopic (exact) mass is 332 g/mol. The van der Waals surface area contributed by atoms with Gasteiger partial charge in [0.25, 0.3) is 0 Å². The quantitative estimate of drug-likeness (QED) is 0.835. The van der Waals surface area contributed by atoms with Gasteiger partial charge in [-0.2, -0.15) is 0 Å². The molecular formula is C18H24N2O4. The Kier molecular flexibility index (Phi) is 5.26. The molecule has 0 aromatic heterocycles. The molecular weight excluding hydrogens is 308 g/mol. The molecule has 1 aliphatic heterocycles. The molecule has 0 saturated carbocycles. The SMILES string of the molecule is Cc1ccc(N2CCC(NC(=O)CC(C)(C)CC(=O)O)C2=O)cc1. The van der Waals surface area contributed by atoms with Crippen LogP contribution < -0.4 is 10.2 Å². The number of nitrogens with zero attached hydrogens (tertiary/aromatic N) is 1. The summed E-state index contributed by atoms with van der Waals surface area (Å²) in [7, 11) is 0. The molecule has 1 saturated heterocycles. The molecule has 0 radical (unpaired) electrons. The van der Waals surface area contributed by atoms with Crippen LogP contribution in [0.2, 0.25) is 0 Å². The summed E-state index contributed by atoms with van der Waals surface area (Å²) in [6, 6.07) is 7.15. The minimum atomic E-state index is -0.935. The van der Waals surface area contributed by atoms with Gasteiger partial charge in [0.05, 0.1) is 6.42 Å². The molecule has 6 nitrogen and oxygen atoms in total. The van der Waals surface area contributed by atoms with Crippen molar-refractivity contribution in [1.82, 2.24) is 5.32 Å². The maximum atomic E-state index is 12.5. The van der Waals surface area contributed by atoms with Crippen LogP contribution in [0.25, 0.3) is 0 Å². The highest BCUT2D eigenvalue weighted by atomic mass is 16.4. The zero-order chi connectivity index (χ0) is 17.9. The van der Waals surface area contributed by atoms with E-state index in [1.807, 2.05) is 31.2 Å². The van der Waals surface area contributed by atoms with Crippen molar-refractivity contribution in [2.45, 2.75) is 46.1 Å². The molecule has 2 N–H and O–H groups in total. The molecule has 1 aromatic carbocycles. The molecule has 2 amide bonds. The number of carboxylic acid groups (broad SMARTS) is 1. The molecule has 0 bridgehead atoms. The van der Waals surface area contributed by atoms with Gasteiger partial charge >= 0.3 is 5.97 Å². The fourth-order valence-corrected chi connectivity index (χ4v) is 2.95. The Morgan fingerprint density at radius 2 is 1.88 bits per heavy atom. The molecule has 1 aromatic rings. The van der Waals surface area contributed by atoms with Crippen molar-refractivity contribution in [2.24, 2.45) is 5.41 Å². The third-order valence-electron chi connectivity index (χ3n) is 4.16. The normalized spacial score (nSPS) is 17.9. The summed E-state index contributed by atoms with van der Waals surface area (Å²) in [4.78, 5) is 37.1. The summed E-state index contributed by atoms with van der Waals surface area (Å²) < 4.78 is 0. The molecule has 0 aliphatic carbocycles. The third kappa shape index (κ3) is 4.57. The van der Waals surface area contributed by atoms with Crippen LogP contribution in [0.1, 0.15) is 38.7 Å². The summed E-state index contributed by atoms with van der Waals surface area (Å²) in [5.74, 6) is -1.34. The Labute approximate surface area is 141 Å². The lowest BCUT2D eigenvalue weighted by atomic mass is 9.85. The van der Waals surface area contributed by atoms with Crippen molar-refractivity contribution < 1.29 is 19.5 Å². The van der Waals surface area contributed by atoms with Gasteiger partial charge in [0.1, 0.15) is 6.04 Å². The average molecular weight is 332 g/mol. The average Bonchev–Trinajstić information content (AvgIpc) is 2.79. The second-order valence-electron chi connectivity index (χ2n) is 7.15. The second kappa shape index (κ2) is 7.03. The molecule has 130 valence electrons. The molecule has 1 atom stereocenters. The van der Waals surface area contributed by atoms with Crippen molar-refractivity contribution in [2.75, 3.05) is 11.4 Å². The topological polar surface area (TPSA) is 86.7 Å². The van der Waals surface area contributed by atoms with Gasteiger partial charge in [-0.15, -0.1) is 0 Å². The lowest BCUT2D eigenvalue weighted by molar-refractivity contribution is -0.140. The number of nitrogens with one attached hydrogen (secondary N) is 1. The molecule has 1 aliphatic rings. The van der Waals surface area contributed by atoms with Crippen LogP contribution >= 0.6 is 0 Å². The van der Waals surface area contributed by atoms with Crippen LogP contribution in [0.5, 0.6) is 0 Å². The predicted octanol–water partition coefficient (Wildman–Crippen LogP) is 2.11. The maximum Gasteiger partial charge on any atom is 0.303 e. The van der Waals surface area contributed by atoms with Crippen molar-refractivity contribution in [3.8, 4) is 0 Å². The van der Waals surface area contributed by atoms with E-state index in [-0.39, 0.29) is 24.7 Å².